The van der Waals surface area contributed by atoms with E-state index in [1.54, 1.807) is 18.7 Å². The van der Waals surface area contributed by atoms with Crippen molar-refractivity contribution in [2.75, 3.05) is 26.3 Å². The van der Waals surface area contributed by atoms with Crippen LogP contribution < -0.4 is 11.1 Å². The number of ether oxygens (including phenoxy) is 1. The summed E-state index contributed by atoms with van der Waals surface area (Å²) in [7, 11) is 0. The van der Waals surface area contributed by atoms with E-state index in [-0.39, 0.29) is 11.9 Å². The molecule has 1 aliphatic rings. The van der Waals surface area contributed by atoms with Crippen molar-refractivity contribution in [2.24, 2.45) is 10.9 Å². The SMILES string of the molecule is CC(C)(NC(=O)N1CCOCC1)C(N)=NO. The van der Waals surface area contributed by atoms with Crippen LogP contribution in [0.25, 0.3) is 0 Å². The Balaban J connectivity index is 2.55. The average molecular weight is 230 g/mol. The number of hydrogen-bond donors (Lipinski definition) is 3. The molecule has 4 N–H and O–H groups in total. The smallest absolute Gasteiger partial charge is 0.318 e. The van der Waals surface area contributed by atoms with E-state index in [0.717, 1.165) is 0 Å². The van der Waals surface area contributed by atoms with Gasteiger partial charge in [0.1, 0.15) is 0 Å². The Morgan fingerprint density at radius 1 is 1.50 bits per heavy atom. The highest BCUT2D eigenvalue weighted by Gasteiger charge is 2.28. The molecular formula is C9H18N4O3. The number of oxime groups is 1. The number of urea groups is 1. The first-order chi connectivity index (χ1) is 7.47. The number of amidine groups is 1. The van der Waals surface area contributed by atoms with Gasteiger partial charge in [0.2, 0.25) is 0 Å². The molecule has 92 valence electrons. The zero-order valence-electron chi connectivity index (χ0n) is 9.56. The molecule has 0 bridgehead atoms. The van der Waals surface area contributed by atoms with Gasteiger partial charge in [-0.3, -0.25) is 0 Å². The van der Waals surface area contributed by atoms with Crippen LogP contribution in [0.15, 0.2) is 5.16 Å². The fourth-order valence-electron chi connectivity index (χ4n) is 1.30. The number of morpholine rings is 1. The van der Waals surface area contributed by atoms with Crippen LogP contribution in [0.4, 0.5) is 4.79 Å². The lowest BCUT2D eigenvalue weighted by molar-refractivity contribution is 0.0522. The van der Waals surface area contributed by atoms with E-state index in [1.165, 1.54) is 0 Å². The van der Waals surface area contributed by atoms with Gasteiger partial charge < -0.3 is 25.9 Å². The lowest BCUT2D eigenvalue weighted by atomic mass is 10.1. The minimum absolute atomic E-state index is 0.0332. The van der Waals surface area contributed by atoms with E-state index < -0.39 is 5.54 Å². The van der Waals surface area contributed by atoms with E-state index >= 15 is 0 Å². The van der Waals surface area contributed by atoms with Crippen LogP contribution >= 0.6 is 0 Å². The molecule has 2 amide bonds. The van der Waals surface area contributed by atoms with E-state index in [2.05, 4.69) is 10.5 Å². The van der Waals surface area contributed by atoms with Crippen molar-refractivity contribution in [3.05, 3.63) is 0 Å². The molecule has 1 saturated heterocycles. The summed E-state index contributed by atoms with van der Waals surface area (Å²) in [6, 6.07) is -0.236. The Morgan fingerprint density at radius 3 is 2.56 bits per heavy atom. The van der Waals surface area contributed by atoms with E-state index in [4.69, 9.17) is 15.7 Å². The van der Waals surface area contributed by atoms with E-state index in [0.29, 0.717) is 26.3 Å². The summed E-state index contributed by atoms with van der Waals surface area (Å²) in [6.45, 7) is 5.52. The molecule has 7 heteroatoms. The standard InChI is InChI=1S/C9H18N4O3/c1-9(2,7(10)12-15)11-8(14)13-3-5-16-6-4-13/h15H,3-6H2,1-2H3,(H2,10,12)(H,11,14). The van der Waals surface area contributed by atoms with Crippen molar-refractivity contribution in [1.29, 1.82) is 0 Å². The summed E-state index contributed by atoms with van der Waals surface area (Å²) >= 11 is 0. The average Bonchev–Trinajstić information content (AvgIpc) is 2.28. The van der Waals surface area contributed by atoms with Crippen LogP contribution in [-0.2, 0) is 4.74 Å². The van der Waals surface area contributed by atoms with Crippen LogP contribution in [0, 0.1) is 0 Å². The predicted octanol–water partition coefficient (Wildman–Crippen LogP) is -0.447. The summed E-state index contributed by atoms with van der Waals surface area (Å²) < 4.78 is 5.14. The number of carbonyl (C=O) groups excluding carboxylic acids is 1. The maximum absolute atomic E-state index is 11.8. The van der Waals surface area contributed by atoms with Crippen LogP contribution in [0.1, 0.15) is 13.8 Å². The largest absolute Gasteiger partial charge is 0.409 e. The molecular weight excluding hydrogens is 212 g/mol. The minimum atomic E-state index is -0.871. The number of carbonyl (C=O) groups is 1. The molecule has 0 aliphatic carbocycles. The molecule has 1 aliphatic heterocycles. The molecule has 1 rings (SSSR count). The zero-order chi connectivity index (χ0) is 12.2. The van der Waals surface area contributed by atoms with Gasteiger partial charge in [0.25, 0.3) is 0 Å². The molecule has 0 unspecified atom stereocenters. The van der Waals surface area contributed by atoms with Crippen LogP contribution in [0.3, 0.4) is 0 Å². The molecule has 1 fully saturated rings. The van der Waals surface area contributed by atoms with Crippen molar-refractivity contribution in [2.45, 2.75) is 19.4 Å². The molecule has 7 nitrogen and oxygen atoms in total. The first-order valence-electron chi connectivity index (χ1n) is 5.10. The summed E-state index contributed by atoms with van der Waals surface area (Å²) in [6.07, 6.45) is 0. The van der Waals surface area contributed by atoms with Gasteiger partial charge in [0.05, 0.1) is 18.8 Å². The van der Waals surface area contributed by atoms with Gasteiger partial charge in [0, 0.05) is 13.1 Å². The van der Waals surface area contributed by atoms with Crippen molar-refractivity contribution < 1.29 is 14.7 Å². The molecule has 0 aromatic carbocycles. The van der Waals surface area contributed by atoms with Gasteiger partial charge in [-0.05, 0) is 13.8 Å². The second-order valence-electron chi connectivity index (χ2n) is 4.14. The summed E-state index contributed by atoms with van der Waals surface area (Å²) in [5.74, 6) is -0.0332. The highest BCUT2D eigenvalue weighted by atomic mass is 16.5. The summed E-state index contributed by atoms with van der Waals surface area (Å²) in [4.78, 5) is 13.4. The Labute approximate surface area is 94.2 Å². The van der Waals surface area contributed by atoms with E-state index in [1.807, 2.05) is 0 Å². The Morgan fingerprint density at radius 2 is 2.06 bits per heavy atom. The van der Waals surface area contributed by atoms with E-state index in [9.17, 15) is 4.79 Å². The summed E-state index contributed by atoms with van der Waals surface area (Å²) in [5, 5.41) is 14.2. The van der Waals surface area contributed by atoms with Crippen LogP contribution in [-0.4, -0.2) is 53.8 Å². The molecule has 0 saturated carbocycles. The van der Waals surface area contributed by atoms with Gasteiger partial charge in [-0.2, -0.15) is 0 Å². The van der Waals surface area contributed by atoms with Gasteiger partial charge in [-0.15, -0.1) is 0 Å². The minimum Gasteiger partial charge on any atom is -0.409 e. The normalized spacial score (nSPS) is 18.4. The highest BCUT2D eigenvalue weighted by molar-refractivity contribution is 5.92. The van der Waals surface area contributed by atoms with Crippen LogP contribution in [0.2, 0.25) is 0 Å². The van der Waals surface area contributed by atoms with Gasteiger partial charge >= 0.3 is 6.03 Å². The monoisotopic (exact) mass is 230 g/mol. The van der Waals surface area contributed by atoms with Gasteiger partial charge in [-0.25, -0.2) is 4.79 Å². The maximum Gasteiger partial charge on any atom is 0.318 e. The zero-order valence-corrected chi connectivity index (χ0v) is 9.56. The lowest BCUT2D eigenvalue weighted by Crippen LogP contribution is -2.58. The lowest BCUT2D eigenvalue weighted by Gasteiger charge is -2.32. The highest BCUT2D eigenvalue weighted by Crippen LogP contribution is 2.05. The third-order valence-electron chi connectivity index (χ3n) is 2.47. The predicted molar refractivity (Wildman–Crippen MR) is 58.4 cm³/mol. The Bertz CT molecular complexity index is 284. The quantitative estimate of drug-likeness (QED) is 0.259. The molecule has 0 aromatic rings. The molecule has 0 atom stereocenters. The number of nitrogens with zero attached hydrogens (tertiary/aromatic N) is 2. The van der Waals surface area contributed by atoms with Crippen molar-refractivity contribution in [3.8, 4) is 0 Å². The van der Waals surface area contributed by atoms with Crippen LogP contribution in [0.5, 0.6) is 0 Å². The first kappa shape index (κ1) is 12.6. The molecule has 16 heavy (non-hydrogen) atoms. The third-order valence-corrected chi connectivity index (χ3v) is 2.47. The second kappa shape index (κ2) is 5.02. The number of hydrogen-bond acceptors (Lipinski definition) is 4. The molecule has 0 spiro atoms. The molecule has 0 aromatic heterocycles. The molecule has 0 radical (unpaired) electrons. The number of amides is 2. The van der Waals surface area contributed by atoms with Gasteiger partial charge in [-0.1, -0.05) is 5.16 Å². The summed E-state index contributed by atoms with van der Waals surface area (Å²) in [5.41, 5.74) is 4.60. The van der Waals surface area contributed by atoms with Crippen molar-refractivity contribution in [1.82, 2.24) is 10.2 Å². The fraction of sp³-hybridized carbons (Fsp3) is 0.778. The number of nitrogens with one attached hydrogen (secondary N) is 1. The van der Waals surface area contributed by atoms with Crippen molar-refractivity contribution in [3.63, 3.8) is 0 Å². The molecule has 1 heterocycles. The Hall–Kier alpha value is -1.50. The number of rotatable bonds is 2. The number of nitrogens with two attached hydrogens (primary N) is 1. The maximum atomic E-state index is 11.8. The van der Waals surface area contributed by atoms with Gasteiger partial charge in [0.15, 0.2) is 5.84 Å². The van der Waals surface area contributed by atoms with Crippen molar-refractivity contribution >= 4 is 11.9 Å². The first-order valence-corrected chi connectivity index (χ1v) is 5.10. The second-order valence-corrected chi connectivity index (χ2v) is 4.14. The topological polar surface area (TPSA) is 100 Å². The Kier molecular flexibility index (Phi) is 3.94. The third kappa shape index (κ3) is 2.99. The fourth-order valence-corrected chi connectivity index (χ4v) is 1.30.